The maximum atomic E-state index is 5.76. The van der Waals surface area contributed by atoms with Crippen LogP contribution in [0.15, 0.2) is 0 Å². The molecule has 21 heteroatoms. The van der Waals surface area contributed by atoms with E-state index < -0.39 is 35.2 Å². The normalized spacial score (nSPS) is 14.2. The summed E-state index contributed by atoms with van der Waals surface area (Å²) in [6, 6.07) is 3.31. The topological polar surface area (TPSA) is 159 Å². The van der Waals surface area contributed by atoms with Gasteiger partial charge in [-0.25, -0.2) is 0 Å². The molecule has 1 aliphatic rings. The van der Waals surface area contributed by atoms with Crippen molar-refractivity contribution in [3.8, 4) is 0 Å². The van der Waals surface area contributed by atoms with Crippen molar-refractivity contribution in [1.29, 1.82) is 0 Å². The third kappa shape index (κ3) is 34.3. The number of thiol groups is 1. The van der Waals surface area contributed by atoms with E-state index >= 15 is 0 Å². The van der Waals surface area contributed by atoms with Gasteiger partial charge in [0.05, 0.1) is 13.2 Å². The summed E-state index contributed by atoms with van der Waals surface area (Å²) in [6.07, 6.45) is 3.99. The number of rotatable bonds is 39. The van der Waals surface area contributed by atoms with Crippen LogP contribution in [-0.2, 0) is 62.6 Å². The molecule has 1 aliphatic heterocycles. The van der Waals surface area contributed by atoms with Crippen molar-refractivity contribution >= 4 is 59.4 Å². The Bertz CT molecular complexity index is 748. The van der Waals surface area contributed by atoms with Crippen molar-refractivity contribution in [3.05, 3.63) is 0 Å². The summed E-state index contributed by atoms with van der Waals surface area (Å²) in [7, 11) is -9.63. The van der Waals surface area contributed by atoms with Crippen LogP contribution >= 0.6 is 24.2 Å². The average Bonchev–Trinajstić information content (AvgIpc) is 4.05. The Hall–Kier alpha value is 0.908. The SMILES string of the molecule is CCO[Si](CCCCl)(OCC)OCC.CCO[Si](CCCN)(OCC)OCC.CCO[Si](CCCOCC1CO1)(OCC)OCC.CCO[Si](CCCS)(OCC)OCC. The van der Waals surface area contributed by atoms with E-state index in [4.69, 9.17) is 79.9 Å². The fourth-order valence-electron chi connectivity index (χ4n) is 5.67. The summed E-state index contributed by atoms with van der Waals surface area (Å²) >= 11 is 9.86. The predicted molar refractivity (Wildman–Crippen MR) is 254 cm³/mol. The lowest BCUT2D eigenvalue weighted by Gasteiger charge is -2.28. The van der Waals surface area contributed by atoms with Crippen molar-refractivity contribution < 1.29 is 62.6 Å². The van der Waals surface area contributed by atoms with E-state index in [1.807, 2.05) is 83.1 Å². The number of alkyl halides is 1. The summed E-state index contributed by atoms with van der Waals surface area (Å²) in [4.78, 5) is 0. The molecule has 0 aromatic rings. The van der Waals surface area contributed by atoms with Gasteiger partial charge in [0.2, 0.25) is 0 Å². The van der Waals surface area contributed by atoms with Crippen LogP contribution < -0.4 is 5.73 Å². The first-order valence-corrected chi connectivity index (χ1v) is 31.6. The van der Waals surface area contributed by atoms with Gasteiger partial charge in [-0.2, -0.15) is 12.6 Å². The van der Waals surface area contributed by atoms with E-state index in [0.717, 1.165) is 62.2 Å². The molecule has 1 atom stereocenters. The minimum absolute atomic E-state index is 0.331. The Balaban J connectivity index is -0.000000728. The van der Waals surface area contributed by atoms with Crippen molar-refractivity contribution in [1.82, 2.24) is 0 Å². The van der Waals surface area contributed by atoms with Crippen LogP contribution in [-0.4, -0.2) is 159 Å². The van der Waals surface area contributed by atoms with Crippen molar-refractivity contribution in [2.75, 3.05) is 117 Å². The van der Waals surface area contributed by atoms with Crippen LogP contribution in [0.1, 0.15) is 109 Å². The molecule has 15 nitrogen and oxygen atoms in total. The van der Waals surface area contributed by atoms with Crippen LogP contribution in [0.2, 0.25) is 24.2 Å². The average molecular weight is 979 g/mol. The molecule has 1 heterocycles. The Morgan fingerprint density at radius 1 is 0.467 bits per heavy atom. The fourth-order valence-corrected chi connectivity index (χ4v) is 16.9. The number of nitrogens with two attached hydrogens (primary N) is 1. The van der Waals surface area contributed by atoms with E-state index in [0.29, 0.717) is 111 Å². The number of hydrogen-bond donors (Lipinski definition) is 2. The lowest BCUT2D eigenvalue weighted by Crippen LogP contribution is -2.46. The minimum Gasteiger partial charge on any atom is -0.379 e. The Morgan fingerprint density at radius 2 is 0.733 bits per heavy atom. The van der Waals surface area contributed by atoms with Crippen LogP contribution in [0.4, 0.5) is 0 Å². The molecule has 1 fully saturated rings. The summed E-state index contributed by atoms with van der Waals surface area (Å²) in [5.74, 6) is 1.48. The molecule has 0 aliphatic carbocycles. The van der Waals surface area contributed by atoms with Crippen LogP contribution in [0.25, 0.3) is 0 Å². The first-order chi connectivity index (χ1) is 29.0. The van der Waals surface area contributed by atoms with Gasteiger partial charge in [0.25, 0.3) is 0 Å². The predicted octanol–water partition coefficient (Wildman–Crippen LogP) is 8.24. The van der Waals surface area contributed by atoms with Gasteiger partial charge in [0, 0.05) is 116 Å². The molecule has 2 N–H and O–H groups in total. The molecule has 0 spiro atoms. The van der Waals surface area contributed by atoms with Crippen molar-refractivity contribution in [3.63, 3.8) is 0 Å². The highest BCUT2D eigenvalue weighted by Gasteiger charge is 2.42. The standard InChI is InChI=1S/C12H26O5Si.C9H21ClO3Si.C9H23NO3Si.C9H22O3SSi/c1-4-15-18(16-5-2,17-6-3)9-7-8-13-10-12-11-14-12;2*1-4-11-14(12-5-2,13-6-3)9-7-8-10;1-4-10-14(11-5-2,12-6-3)9-7-8-13/h12H,4-11H2,1-3H3;4-9H2,1-3H3;4-10H2,1-3H3;13H,4-9H2,1-3H3. The van der Waals surface area contributed by atoms with Crippen LogP contribution in [0.3, 0.4) is 0 Å². The molecule has 0 aromatic carbocycles. The lowest BCUT2D eigenvalue weighted by atomic mass is 10.5. The molecule has 0 radical (unpaired) electrons. The third-order valence-corrected chi connectivity index (χ3v) is 21.0. The van der Waals surface area contributed by atoms with Gasteiger partial charge in [0.1, 0.15) is 6.10 Å². The molecular formula is C39H92ClNO14SSi4. The Morgan fingerprint density at radius 3 is 0.967 bits per heavy atom. The highest BCUT2D eigenvalue weighted by Crippen LogP contribution is 2.21. The largest absolute Gasteiger partial charge is 0.501 e. The van der Waals surface area contributed by atoms with E-state index in [-0.39, 0.29) is 0 Å². The molecule has 1 rings (SSSR count). The molecule has 0 saturated carbocycles. The Labute approximate surface area is 382 Å². The summed E-state index contributed by atoms with van der Waals surface area (Å²) < 4.78 is 78.8. The number of epoxide rings is 1. The van der Waals surface area contributed by atoms with Gasteiger partial charge in [-0.15, -0.1) is 11.6 Å². The fraction of sp³-hybridized carbons (Fsp3) is 1.00. The molecule has 0 bridgehead atoms. The number of ether oxygens (including phenoxy) is 2. The van der Waals surface area contributed by atoms with Crippen LogP contribution in [0, 0.1) is 0 Å². The quantitative estimate of drug-likeness (QED) is 0.0199. The number of hydrogen-bond acceptors (Lipinski definition) is 16. The lowest BCUT2D eigenvalue weighted by molar-refractivity contribution is 0.0646. The number of halogens is 1. The maximum absolute atomic E-state index is 5.76. The monoisotopic (exact) mass is 978 g/mol. The summed E-state index contributed by atoms with van der Waals surface area (Å²) in [5.41, 5.74) is 5.48. The van der Waals surface area contributed by atoms with Crippen molar-refractivity contribution in [2.45, 2.75) is 139 Å². The minimum atomic E-state index is -2.47. The van der Waals surface area contributed by atoms with E-state index in [2.05, 4.69) is 12.6 Å². The molecule has 60 heavy (non-hydrogen) atoms. The molecule has 1 unspecified atom stereocenters. The summed E-state index contributed by atoms with van der Waals surface area (Å²) in [5, 5.41) is 0. The van der Waals surface area contributed by atoms with Crippen LogP contribution in [0.5, 0.6) is 0 Å². The molecule has 0 aromatic heterocycles. The van der Waals surface area contributed by atoms with Gasteiger partial charge in [-0.3, -0.25) is 0 Å². The van der Waals surface area contributed by atoms with Gasteiger partial charge in [0.15, 0.2) is 0 Å². The van der Waals surface area contributed by atoms with Gasteiger partial charge < -0.3 is 68.3 Å². The first kappa shape index (κ1) is 65.2. The molecule has 0 amide bonds. The molecular weight excluding hydrogens is 886 g/mol. The zero-order valence-electron chi connectivity index (χ0n) is 40.1. The first-order valence-electron chi connectivity index (χ1n) is 22.7. The van der Waals surface area contributed by atoms with Crippen molar-refractivity contribution in [2.24, 2.45) is 5.73 Å². The van der Waals surface area contributed by atoms with E-state index in [9.17, 15) is 0 Å². The van der Waals surface area contributed by atoms with Gasteiger partial charge >= 0.3 is 35.2 Å². The third-order valence-electron chi connectivity index (χ3n) is 7.79. The van der Waals surface area contributed by atoms with E-state index in [1.54, 1.807) is 0 Å². The second-order valence-electron chi connectivity index (χ2n) is 12.6. The Kier molecular flexibility index (Phi) is 49.0. The zero-order chi connectivity index (χ0) is 45.9. The second-order valence-corrected chi connectivity index (χ2v) is 24.3. The second kappa shape index (κ2) is 45.1. The van der Waals surface area contributed by atoms with Gasteiger partial charge in [-0.1, -0.05) is 0 Å². The molecule has 366 valence electrons. The smallest absolute Gasteiger partial charge is 0.379 e. The molecule has 1 saturated heterocycles. The zero-order valence-corrected chi connectivity index (χ0v) is 45.7. The van der Waals surface area contributed by atoms with E-state index in [1.165, 1.54) is 0 Å². The highest BCUT2D eigenvalue weighted by molar-refractivity contribution is 7.80. The maximum Gasteiger partial charge on any atom is 0.501 e. The summed E-state index contributed by atoms with van der Waals surface area (Å²) in [6.45, 7) is 34.1. The van der Waals surface area contributed by atoms with Gasteiger partial charge in [-0.05, 0) is 121 Å². The highest BCUT2D eigenvalue weighted by atomic mass is 35.5.